The van der Waals surface area contributed by atoms with Crippen molar-refractivity contribution >= 4 is 17.2 Å². The highest BCUT2D eigenvalue weighted by atomic mass is 32.1. The van der Waals surface area contributed by atoms with Crippen molar-refractivity contribution in [2.75, 3.05) is 6.54 Å². The highest BCUT2D eigenvalue weighted by Gasteiger charge is 2.17. The molecule has 2 aromatic heterocycles. The first-order valence-corrected chi connectivity index (χ1v) is 9.06. The van der Waals surface area contributed by atoms with E-state index in [0.29, 0.717) is 13.1 Å². The maximum atomic E-state index is 12.4. The van der Waals surface area contributed by atoms with E-state index in [9.17, 15) is 4.79 Å². The number of nitrogens with zero attached hydrogens (tertiary/aromatic N) is 2. The normalized spacial score (nSPS) is 12.0. The van der Waals surface area contributed by atoms with E-state index in [2.05, 4.69) is 16.5 Å². The molecule has 24 heavy (non-hydrogen) atoms. The van der Waals surface area contributed by atoms with E-state index >= 15 is 0 Å². The smallest absolute Gasteiger partial charge is 0.227 e. The van der Waals surface area contributed by atoms with Crippen molar-refractivity contribution in [2.45, 2.75) is 25.8 Å². The molecule has 1 atom stereocenters. The van der Waals surface area contributed by atoms with Crippen LogP contribution in [0.25, 0.3) is 10.6 Å². The highest BCUT2D eigenvalue weighted by Crippen LogP contribution is 2.22. The molecule has 5 heteroatoms. The lowest BCUT2D eigenvalue weighted by Crippen LogP contribution is -2.31. The molecule has 0 spiro atoms. The molecule has 1 unspecified atom stereocenters. The van der Waals surface area contributed by atoms with E-state index in [-0.39, 0.29) is 11.8 Å². The SMILES string of the molecule is CCC(C(=O)NCCn1ccc(-c2cccs2)n1)c1ccccc1. The highest BCUT2D eigenvalue weighted by molar-refractivity contribution is 7.13. The molecule has 0 bridgehead atoms. The molecule has 2 heterocycles. The Balaban J connectivity index is 1.53. The molecule has 0 aliphatic rings. The summed E-state index contributed by atoms with van der Waals surface area (Å²) in [5.41, 5.74) is 2.05. The summed E-state index contributed by atoms with van der Waals surface area (Å²) < 4.78 is 1.87. The van der Waals surface area contributed by atoms with Crippen molar-refractivity contribution in [3.05, 3.63) is 65.7 Å². The van der Waals surface area contributed by atoms with Gasteiger partial charge in [0.1, 0.15) is 5.69 Å². The second kappa shape index (κ2) is 7.93. The molecule has 3 aromatic rings. The summed E-state index contributed by atoms with van der Waals surface area (Å²) in [7, 11) is 0. The summed E-state index contributed by atoms with van der Waals surface area (Å²) in [6.45, 7) is 3.29. The Labute approximate surface area is 146 Å². The second-order valence-electron chi connectivity index (χ2n) is 5.60. The number of nitrogens with one attached hydrogen (secondary N) is 1. The van der Waals surface area contributed by atoms with Crippen LogP contribution in [-0.4, -0.2) is 22.2 Å². The zero-order valence-electron chi connectivity index (χ0n) is 13.7. The minimum absolute atomic E-state index is 0.0781. The van der Waals surface area contributed by atoms with Crippen LogP contribution < -0.4 is 5.32 Å². The average Bonchev–Trinajstić information content (AvgIpc) is 3.28. The fraction of sp³-hybridized carbons (Fsp3) is 0.263. The number of hydrogen-bond acceptors (Lipinski definition) is 3. The Morgan fingerprint density at radius 3 is 2.75 bits per heavy atom. The molecule has 0 radical (unpaired) electrons. The molecule has 0 fully saturated rings. The fourth-order valence-electron chi connectivity index (χ4n) is 2.72. The second-order valence-corrected chi connectivity index (χ2v) is 6.55. The monoisotopic (exact) mass is 339 g/mol. The van der Waals surface area contributed by atoms with Crippen molar-refractivity contribution in [1.82, 2.24) is 15.1 Å². The summed E-state index contributed by atoms with van der Waals surface area (Å²) in [5.74, 6) is -0.0140. The third kappa shape index (κ3) is 3.92. The molecule has 1 amide bonds. The first kappa shape index (κ1) is 16.5. The number of amides is 1. The van der Waals surface area contributed by atoms with Gasteiger partial charge >= 0.3 is 0 Å². The lowest BCUT2D eigenvalue weighted by Gasteiger charge is -2.15. The van der Waals surface area contributed by atoms with Crippen molar-refractivity contribution in [1.29, 1.82) is 0 Å². The van der Waals surface area contributed by atoms with E-state index in [1.165, 1.54) is 0 Å². The van der Waals surface area contributed by atoms with E-state index in [4.69, 9.17) is 0 Å². The Hall–Kier alpha value is -2.40. The molecule has 124 valence electrons. The van der Waals surface area contributed by atoms with Crippen molar-refractivity contribution in [3.8, 4) is 10.6 Å². The third-order valence-electron chi connectivity index (χ3n) is 3.98. The van der Waals surface area contributed by atoms with Gasteiger partial charge in [0.15, 0.2) is 0 Å². The van der Waals surface area contributed by atoms with Gasteiger partial charge in [-0.2, -0.15) is 5.10 Å². The van der Waals surface area contributed by atoms with Crippen LogP contribution in [0.2, 0.25) is 0 Å². The van der Waals surface area contributed by atoms with Crippen LogP contribution in [0.4, 0.5) is 0 Å². The average molecular weight is 339 g/mol. The van der Waals surface area contributed by atoms with Gasteiger partial charge in [0.05, 0.1) is 17.3 Å². The standard InChI is InChI=1S/C19H21N3OS/c1-2-16(15-7-4-3-5-8-15)19(23)20-11-13-22-12-10-17(21-22)18-9-6-14-24-18/h3-10,12,14,16H,2,11,13H2,1H3,(H,20,23). The van der Waals surface area contributed by atoms with Gasteiger partial charge in [0.2, 0.25) is 5.91 Å². The van der Waals surface area contributed by atoms with Crippen LogP contribution in [-0.2, 0) is 11.3 Å². The topological polar surface area (TPSA) is 46.9 Å². The maximum Gasteiger partial charge on any atom is 0.227 e. The largest absolute Gasteiger partial charge is 0.354 e. The van der Waals surface area contributed by atoms with Gasteiger partial charge in [0.25, 0.3) is 0 Å². The molecule has 0 aliphatic carbocycles. The predicted molar refractivity (Wildman–Crippen MR) is 98.0 cm³/mol. The fourth-order valence-corrected chi connectivity index (χ4v) is 3.41. The Bertz CT molecular complexity index is 765. The number of aromatic nitrogens is 2. The molecular weight excluding hydrogens is 318 g/mol. The van der Waals surface area contributed by atoms with Gasteiger partial charge in [-0.05, 0) is 29.5 Å². The van der Waals surface area contributed by atoms with Crippen molar-refractivity contribution in [2.24, 2.45) is 0 Å². The number of carbonyl (C=O) groups excluding carboxylic acids is 1. The molecule has 1 aromatic carbocycles. The predicted octanol–water partition coefficient (Wildman–Crippen LogP) is 3.92. The van der Waals surface area contributed by atoms with E-state index < -0.39 is 0 Å². The van der Waals surface area contributed by atoms with Gasteiger partial charge in [-0.3, -0.25) is 9.48 Å². The van der Waals surface area contributed by atoms with Crippen LogP contribution in [0.15, 0.2) is 60.1 Å². The Morgan fingerprint density at radius 1 is 1.21 bits per heavy atom. The van der Waals surface area contributed by atoms with Crippen molar-refractivity contribution < 1.29 is 4.79 Å². The first-order valence-electron chi connectivity index (χ1n) is 8.18. The molecule has 4 nitrogen and oxygen atoms in total. The molecule has 1 N–H and O–H groups in total. The maximum absolute atomic E-state index is 12.4. The van der Waals surface area contributed by atoms with Gasteiger partial charge in [-0.15, -0.1) is 11.3 Å². The van der Waals surface area contributed by atoms with Crippen LogP contribution in [0.1, 0.15) is 24.8 Å². The minimum atomic E-state index is -0.0921. The zero-order valence-corrected chi connectivity index (χ0v) is 14.5. The molecule has 0 saturated carbocycles. The molecular formula is C19H21N3OS. The summed E-state index contributed by atoms with van der Waals surface area (Å²) >= 11 is 1.68. The number of hydrogen-bond donors (Lipinski definition) is 1. The molecule has 0 saturated heterocycles. The van der Waals surface area contributed by atoms with E-state index in [0.717, 1.165) is 22.6 Å². The molecule has 3 rings (SSSR count). The minimum Gasteiger partial charge on any atom is -0.354 e. The summed E-state index contributed by atoms with van der Waals surface area (Å²) in [6, 6.07) is 16.0. The van der Waals surface area contributed by atoms with Crippen LogP contribution in [0.5, 0.6) is 0 Å². The number of benzene rings is 1. The van der Waals surface area contributed by atoms with E-state index in [1.54, 1.807) is 11.3 Å². The Kier molecular flexibility index (Phi) is 5.43. The molecule has 0 aliphatic heterocycles. The third-order valence-corrected chi connectivity index (χ3v) is 4.87. The summed E-state index contributed by atoms with van der Waals surface area (Å²) in [5, 5.41) is 9.62. The lowest BCUT2D eigenvalue weighted by atomic mass is 9.96. The van der Waals surface area contributed by atoms with Gasteiger partial charge < -0.3 is 5.32 Å². The van der Waals surface area contributed by atoms with Gasteiger partial charge in [-0.1, -0.05) is 43.3 Å². The van der Waals surface area contributed by atoms with Crippen LogP contribution >= 0.6 is 11.3 Å². The summed E-state index contributed by atoms with van der Waals surface area (Å²) in [6.07, 6.45) is 2.75. The van der Waals surface area contributed by atoms with Gasteiger partial charge in [0, 0.05) is 12.7 Å². The Morgan fingerprint density at radius 2 is 2.04 bits per heavy atom. The summed E-state index contributed by atoms with van der Waals surface area (Å²) in [4.78, 5) is 13.6. The van der Waals surface area contributed by atoms with Crippen LogP contribution in [0, 0.1) is 0 Å². The van der Waals surface area contributed by atoms with Crippen LogP contribution in [0.3, 0.4) is 0 Å². The van der Waals surface area contributed by atoms with E-state index in [1.807, 2.05) is 65.6 Å². The lowest BCUT2D eigenvalue weighted by molar-refractivity contribution is -0.122. The van der Waals surface area contributed by atoms with Crippen molar-refractivity contribution in [3.63, 3.8) is 0 Å². The quantitative estimate of drug-likeness (QED) is 0.709. The number of carbonyl (C=O) groups is 1. The number of thiophene rings is 1. The first-order chi connectivity index (χ1) is 11.8. The number of rotatable bonds is 7. The zero-order chi connectivity index (χ0) is 16.8. The van der Waals surface area contributed by atoms with Gasteiger partial charge in [-0.25, -0.2) is 0 Å².